The summed E-state index contributed by atoms with van der Waals surface area (Å²) in [5.74, 6) is -0.141. The maximum absolute atomic E-state index is 9.82. The molecule has 0 saturated heterocycles. The molecule has 0 aromatic heterocycles. The van der Waals surface area contributed by atoms with E-state index in [4.69, 9.17) is 6.58 Å². The zero-order valence-corrected chi connectivity index (χ0v) is 3.56. The molecule has 1 N–H and O–H groups in total. The summed E-state index contributed by atoms with van der Waals surface area (Å²) in [7, 11) is 0. The minimum atomic E-state index is -0.141. The zero-order chi connectivity index (χ0) is 4.99. The van der Waals surface area contributed by atoms with Gasteiger partial charge in [-0.25, -0.2) is 0 Å². The van der Waals surface area contributed by atoms with E-state index in [0.29, 0.717) is 0 Å². The van der Waals surface area contributed by atoms with Crippen molar-refractivity contribution in [3.05, 3.63) is 12.8 Å². The summed E-state index contributed by atoms with van der Waals surface area (Å²) in [6.07, 6.45) is 1.10. The molecule has 1 radical (unpaired) electrons. The summed E-state index contributed by atoms with van der Waals surface area (Å²) in [4.78, 5) is 9.82. The van der Waals surface area contributed by atoms with Crippen LogP contribution in [0.25, 0.3) is 0 Å². The quantitative estimate of drug-likeness (QED) is 0.478. The maximum Gasteiger partial charge on any atom is 0.220 e. The summed E-state index contributed by atoms with van der Waals surface area (Å²) >= 11 is 0. The first-order valence-electron chi connectivity index (χ1n) is 1.58. The molecular formula is C4H6NO. The van der Waals surface area contributed by atoms with Crippen LogP contribution in [-0.2, 0) is 4.79 Å². The smallest absolute Gasteiger partial charge is 0.220 e. The molecule has 0 aromatic carbocycles. The van der Waals surface area contributed by atoms with Crippen LogP contribution in [-0.4, -0.2) is 5.91 Å². The number of amides is 1. The number of hydrogen-bond acceptors (Lipinski definition) is 1. The van der Waals surface area contributed by atoms with Crippen molar-refractivity contribution in [3.63, 3.8) is 0 Å². The van der Waals surface area contributed by atoms with Crippen LogP contribution in [0, 0.1) is 6.58 Å². The number of carbonyl (C=O) groups is 1. The van der Waals surface area contributed by atoms with E-state index in [1.807, 2.05) is 0 Å². The first-order chi connectivity index (χ1) is 2.77. The Morgan fingerprint density at radius 3 is 2.50 bits per heavy atom. The van der Waals surface area contributed by atoms with Crippen LogP contribution in [0.3, 0.4) is 0 Å². The van der Waals surface area contributed by atoms with Crippen molar-refractivity contribution < 1.29 is 4.79 Å². The predicted molar refractivity (Wildman–Crippen MR) is 22.7 cm³/mol. The van der Waals surface area contributed by atoms with E-state index in [2.05, 4.69) is 5.32 Å². The molecule has 2 heteroatoms. The van der Waals surface area contributed by atoms with Gasteiger partial charge in [0.2, 0.25) is 5.91 Å². The SMILES string of the molecule is [CH]=CNC(C)=O. The molecule has 0 saturated carbocycles. The van der Waals surface area contributed by atoms with Crippen LogP contribution in [0.15, 0.2) is 6.20 Å². The van der Waals surface area contributed by atoms with Gasteiger partial charge in [-0.1, -0.05) is 0 Å². The fourth-order valence-corrected chi connectivity index (χ4v) is 0.117. The van der Waals surface area contributed by atoms with Crippen molar-refractivity contribution in [2.24, 2.45) is 0 Å². The monoisotopic (exact) mass is 84.0 g/mol. The zero-order valence-electron chi connectivity index (χ0n) is 3.56. The van der Waals surface area contributed by atoms with E-state index in [-0.39, 0.29) is 5.91 Å². The lowest BCUT2D eigenvalue weighted by Gasteiger charge is -1.82. The fraction of sp³-hybridized carbons (Fsp3) is 0.250. The lowest BCUT2D eigenvalue weighted by atomic mass is 10.7. The van der Waals surface area contributed by atoms with Crippen LogP contribution in [0.4, 0.5) is 0 Å². The Hall–Kier alpha value is -0.790. The topological polar surface area (TPSA) is 29.1 Å². The van der Waals surface area contributed by atoms with Crippen LogP contribution in [0.5, 0.6) is 0 Å². The second kappa shape index (κ2) is 2.45. The van der Waals surface area contributed by atoms with Gasteiger partial charge in [0.05, 0.1) is 0 Å². The lowest BCUT2D eigenvalue weighted by molar-refractivity contribution is -0.118. The van der Waals surface area contributed by atoms with Crippen LogP contribution in [0.1, 0.15) is 6.92 Å². The van der Waals surface area contributed by atoms with Gasteiger partial charge in [-0.2, -0.15) is 0 Å². The van der Waals surface area contributed by atoms with Crippen molar-refractivity contribution in [1.29, 1.82) is 0 Å². The van der Waals surface area contributed by atoms with Gasteiger partial charge in [0.25, 0.3) is 0 Å². The van der Waals surface area contributed by atoms with Crippen molar-refractivity contribution in [3.8, 4) is 0 Å². The average Bonchev–Trinajstić information content (AvgIpc) is 1.35. The van der Waals surface area contributed by atoms with Crippen molar-refractivity contribution in [2.75, 3.05) is 0 Å². The van der Waals surface area contributed by atoms with Crippen molar-refractivity contribution >= 4 is 5.91 Å². The van der Waals surface area contributed by atoms with Gasteiger partial charge in [0.1, 0.15) is 0 Å². The van der Waals surface area contributed by atoms with E-state index in [9.17, 15) is 4.79 Å². The van der Waals surface area contributed by atoms with E-state index < -0.39 is 0 Å². The Morgan fingerprint density at radius 1 is 2.00 bits per heavy atom. The molecular weight excluding hydrogens is 78.0 g/mol. The standard InChI is InChI=1S/C4H6NO/c1-3-5-4(2)6/h1,3H,2H3,(H,5,6). The Balaban J connectivity index is 3.05. The molecule has 0 heterocycles. The fourth-order valence-electron chi connectivity index (χ4n) is 0.117. The lowest BCUT2D eigenvalue weighted by Crippen LogP contribution is -2.10. The van der Waals surface area contributed by atoms with Crippen molar-refractivity contribution in [2.45, 2.75) is 6.92 Å². The first kappa shape index (κ1) is 5.21. The normalized spacial score (nSPS) is 6.83. The molecule has 6 heavy (non-hydrogen) atoms. The molecule has 0 spiro atoms. The largest absolute Gasteiger partial charge is 0.333 e. The van der Waals surface area contributed by atoms with Crippen LogP contribution >= 0.6 is 0 Å². The summed E-state index contributed by atoms with van der Waals surface area (Å²) in [6, 6.07) is 0. The molecule has 0 rings (SSSR count). The van der Waals surface area contributed by atoms with Crippen LogP contribution in [0.2, 0.25) is 0 Å². The second-order valence-electron chi connectivity index (χ2n) is 0.867. The summed E-state index contributed by atoms with van der Waals surface area (Å²) < 4.78 is 0. The van der Waals surface area contributed by atoms with Crippen LogP contribution < -0.4 is 5.32 Å². The highest BCUT2D eigenvalue weighted by Gasteiger charge is 1.76. The Morgan fingerprint density at radius 2 is 2.50 bits per heavy atom. The minimum absolute atomic E-state index is 0.141. The molecule has 0 atom stereocenters. The number of carbonyl (C=O) groups excluding carboxylic acids is 1. The van der Waals surface area contributed by atoms with E-state index in [1.165, 1.54) is 6.92 Å². The van der Waals surface area contributed by atoms with Gasteiger partial charge in [-0.3, -0.25) is 4.79 Å². The highest BCUT2D eigenvalue weighted by molar-refractivity contribution is 5.73. The van der Waals surface area contributed by atoms with Gasteiger partial charge >= 0.3 is 0 Å². The second-order valence-corrected chi connectivity index (χ2v) is 0.867. The van der Waals surface area contributed by atoms with E-state index in [1.54, 1.807) is 0 Å². The number of rotatable bonds is 1. The highest BCUT2D eigenvalue weighted by Crippen LogP contribution is 1.53. The predicted octanol–water partition coefficient (Wildman–Crippen LogP) is 0.0692. The number of nitrogens with one attached hydrogen (secondary N) is 1. The minimum Gasteiger partial charge on any atom is -0.333 e. The van der Waals surface area contributed by atoms with E-state index >= 15 is 0 Å². The first-order valence-corrected chi connectivity index (χ1v) is 1.58. The molecule has 2 nitrogen and oxygen atoms in total. The Labute approximate surface area is 36.9 Å². The third kappa shape index (κ3) is 3.21. The van der Waals surface area contributed by atoms with Crippen molar-refractivity contribution in [1.82, 2.24) is 5.32 Å². The van der Waals surface area contributed by atoms with Gasteiger partial charge < -0.3 is 5.32 Å². The molecule has 0 unspecified atom stereocenters. The Bertz CT molecular complexity index is 67.9. The maximum atomic E-state index is 9.82. The molecule has 0 aliphatic heterocycles. The van der Waals surface area contributed by atoms with E-state index in [0.717, 1.165) is 6.20 Å². The summed E-state index contributed by atoms with van der Waals surface area (Å²) in [5, 5.41) is 2.22. The molecule has 0 aliphatic carbocycles. The number of hydrogen-bond donors (Lipinski definition) is 1. The third-order valence-electron chi connectivity index (χ3n) is 0.287. The van der Waals surface area contributed by atoms with Gasteiger partial charge in [0, 0.05) is 13.1 Å². The molecule has 0 fully saturated rings. The highest BCUT2D eigenvalue weighted by atomic mass is 16.1. The average molecular weight is 84.1 g/mol. The molecule has 0 aliphatic rings. The van der Waals surface area contributed by atoms with Gasteiger partial charge in [0.15, 0.2) is 0 Å². The molecule has 1 amide bonds. The molecule has 0 aromatic rings. The summed E-state index contributed by atoms with van der Waals surface area (Å²) in [5.41, 5.74) is 0. The summed E-state index contributed by atoms with van der Waals surface area (Å²) in [6.45, 7) is 6.16. The van der Waals surface area contributed by atoms with Gasteiger partial charge in [-0.15, -0.1) is 0 Å². The Kier molecular flexibility index (Phi) is 2.13. The molecule has 0 bridgehead atoms. The van der Waals surface area contributed by atoms with Gasteiger partial charge in [-0.05, 0) is 6.58 Å². The molecule has 33 valence electrons. The third-order valence-corrected chi connectivity index (χ3v) is 0.287.